The van der Waals surface area contributed by atoms with Crippen molar-refractivity contribution in [3.63, 3.8) is 0 Å². The minimum atomic E-state index is -0.822. The number of guanidine groups is 1. The van der Waals surface area contributed by atoms with Gasteiger partial charge in [-0.3, -0.25) is 24.2 Å². The summed E-state index contributed by atoms with van der Waals surface area (Å²) < 4.78 is 0. The first-order valence-corrected chi connectivity index (χ1v) is 14.1. The Hall–Kier alpha value is -4.32. The first kappa shape index (κ1) is 27.3. The largest absolute Gasteiger partial charge is 0.370 e. The number of hydrogen-bond acceptors (Lipinski definition) is 7. The average Bonchev–Trinajstić information content (AvgIpc) is 3.64. The molecule has 0 spiro atoms. The summed E-state index contributed by atoms with van der Waals surface area (Å²) >= 11 is 1.20. The summed E-state index contributed by atoms with van der Waals surface area (Å²) in [6, 6.07) is 11.5. The first-order chi connectivity index (χ1) is 19.3. The van der Waals surface area contributed by atoms with E-state index in [2.05, 4.69) is 15.3 Å². The molecule has 5 N–H and O–H groups in total. The van der Waals surface area contributed by atoms with Gasteiger partial charge in [0, 0.05) is 30.2 Å². The highest BCUT2D eigenvalue weighted by atomic mass is 32.1. The van der Waals surface area contributed by atoms with E-state index < -0.39 is 12.1 Å². The molecular formula is C28H31N7O4S. The van der Waals surface area contributed by atoms with Crippen molar-refractivity contribution in [2.24, 2.45) is 16.5 Å². The summed E-state index contributed by atoms with van der Waals surface area (Å²) in [5.74, 6) is -1.21. The number of nitrogens with two attached hydrogens (primary N) is 2. The molecule has 2 fully saturated rings. The lowest BCUT2D eigenvalue weighted by atomic mass is 10.1. The summed E-state index contributed by atoms with van der Waals surface area (Å²) in [7, 11) is 0. The van der Waals surface area contributed by atoms with E-state index in [1.54, 1.807) is 21.2 Å². The topological polar surface area (TPSA) is 164 Å². The lowest BCUT2D eigenvalue weighted by Crippen LogP contribution is -2.60. The van der Waals surface area contributed by atoms with Gasteiger partial charge < -0.3 is 26.6 Å². The molecule has 0 bridgehead atoms. The van der Waals surface area contributed by atoms with E-state index >= 15 is 0 Å². The minimum absolute atomic E-state index is 0.0411. The number of Topliss-reactive ketones (excluding diaryl/α,β-unsaturated/α-hetero) is 1. The standard InChI is InChI=1S/C28H31N7O4S/c29-28(30)32-11-3-6-21(24(37)26-31-12-13-40-26)33-25(38)22-10-9-20-15-34(16-23(36)35(20)22)27(39)19-8-7-17-4-1-2-5-18(17)14-19/h1-2,4-5,7-8,12-14,20-22H,3,6,9-11,15-16H2,(H,33,38)(H4,29,30,32). The van der Waals surface area contributed by atoms with E-state index in [4.69, 9.17) is 11.5 Å². The number of amides is 3. The highest BCUT2D eigenvalue weighted by Gasteiger charge is 2.46. The highest BCUT2D eigenvalue weighted by Crippen LogP contribution is 2.30. The van der Waals surface area contributed by atoms with Gasteiger partial charge in [0.25, 0.3) is 5.91 Å². The lowest BCUT2D eigenvalue weighted by molar-refractivity contribution is -0.144. The molecule has 3 unspecified atom stereocenters. The van der Waals surface area contributed by atoms with Gasteiger partial charge in [0.1, 0.15) is 12.6 Å². The summed E-state index contributed by atoms with van der Waals surface area (Å²) in [6.45, 7) is 0.560. The Kier molecular flexibility index (Phi) is 8.06. The molecule has 3 heterocycles. The number of rotatable bonds is 9. The zero-order chi connectivity index (χ0) is 28.2. The fourth-order valence-electron chi connectivity index (χ4n) is 5.46. The zero-order valence-corrected chi connectivity index (χ0v) is 22.7. The van der Waals surface area contributed by atoms with Crippen LogP contribution in [0.3, 0.4) is 0 Å². The summed E-state index contributed by atoms with van der Waals surface area (Å²) in [4.78, 5) is 64.3. The Bertz CT molecular complexity index is 1450. The van der Waals surface area contributed by atoms with Crippen LogP contribution in [0.5, 0.6) is 0 Å². The molecular weight excluding hydrogens is 530 g/mol. The molecule has 1 aromatic heterocycles. The SMILES string of the molecule is NC(N)=NCCCC(NC(=O)C1CCC2CN(C(=O)c3ccc4ccccc4c3)CC(=O)N21)C(=O)c1nccs1. The number of fused-ring (bicyclic) bond motifs is 2. The van der Waals surface area contributed by atoms with Crippen molar-refractivity contribution < 1.29 is 19.2 Å². The third-order valence-corrected chi connectivity index (χ3v) is 8.14. The Morgan fingerprint density at radius 3 is 2.67 bits per heavy atom. The van der Waals surface area contributed by atoms with E-state index in [9.17, 15) is 19.2 Å². The van der Waals surface area contributed by atoms with E-state index in [1.165, 1.54) is 17.5 Å². The maximum atomic E-state index is 13.4. The maximum Gasteiger partial charge on any atom is 0.254 e. The number of benzene rings is 2. The number of carbonyl (C=O) groups is 4. The van der Waals surface area contributed by atoms with Gasteiger partial charge in [0.2, 0.25) is 17.6 Å². The monoisotopic (exact) mass is 561 g/mol. The predicted molar refractivity (Wildman–Crippen MR) is 152 cm³/mol. The number of nitrogens with zero attached hydrogens (tertiary/aromatic N) is 4. The predicted octanol–water partition coefficient (Wildman–Crippen LogP) is 1.53. The van der Waals surface area contributed by atoms with Gasteiger partial charge >= 0.3 is 0 Å². The number of ketones is 1. The van der Waals surface area contributed by atoms with Gasteiger partial charge in [-0.1, -0.05) is 30.3 Å². The van der Waals surface area contributed by atoms with Crippen LogP contribution in [0, 0.1) is 0 Å². The van der Waals surface area contributed by atoms with Crippen LogP contribution in [0.2, 0.25) is 0 Å². The average molecular weight is 562 g/mol. The van der Waals surface area contributed by atoms with Crippen molar-refractivity contribution in [2.45, 2.75) is 43.8 Å². The fraction of sp³-hybridized carbons (Fsp3) is 0.357. The Balaban J connectivity index is 1.25. The number of piperazine rings is 1. The summed E-state index contributed by atoms with van der Waals surface area (Å²) in [6.07, 6.45) is 3.36. The third-order valence-electron chi connectivity index (χ3n) is 7.36. The van der Waals surface area contributed by atoms with Gasteiger partial charge in [-0.05, 0) is 48.6 Å². The second kappa shape index (κ2) is 11.8. The van der Waals surface area contributed by atoms with E-state index in [0.717, 1.165) is 10.8 Å². The smallest absolute Gasteiger partial charge is 0.254 e. The quantitative estimate of drug-likeness (QED) is 0.154. The first-order valence-electron chi connectivity index (χ1n) is 13.2. The fourth-order valence-corrected chi connectivity index (χ4v) is 6.09. The molecule has 3 aromatic rings. The van der Waals surface area contributed by atoms with Crippen LogP contribution in [-0.2, 0) is 9.59 Å². The second-order valence-corrected chi connectivity index (χ2v) is 10.9. The number of carbonyl (C=O) groups excluding carboxylic acids is 4. The molecule has 3 amide bonds. The minimum Gasteiger partial charge on any atom is -0.370 e. The molecule has 2 aliphatic heterocycles. The second-order valence-electron chi connectivity index (χ2n) is 10.0. The van der Waals surface area contributed by atoms with Crippen LogP contribution in [0.15, 0.2) is 59.0 Å². The molecule has 11 nitrogen and oxygen atoms in total. The van der Waals surface area contributed by atoms with Gasteiger partial charge in [-0.15, -0.1) is 11.3 Å². The van der Waals surface area contributed by atoms with E-state index in [1.807, 2.05) is 36.4 Å². The van der Waals surface area contributed by atoms with Crippen LogP contribution in [0.1, 0.15) is 45.8 Å². The Labute approximate surface area is 235 Å². The maximum absolute atomic E-state index is 13.4. The van der Waals surface area contributed by atoms with E-state index in [-0.39, 0.29) is 42.1 Å². The number of nitrogens with one attached hydrogen (secondary N) is 1. The van der Waals surface area contributed by atoms with Gasteiger partial charge in [-0.25, -0.2) is 4.98 Å². The molecule has 2 aromatic carbocycles. The molecule has 5 rings (SSSR count). The summed E-state index contributed by atoms with van der Waals surface area (Å²) in [5, 5.41) is 6.85. The van der Waals surface area contributed by atoms with Gasteiger partial charge in [0.15, 0.2) is 11.0 Å². The van der Waals surface area contributed by atoms with Crippen LogP contribution >= 0.6 is 11.3 Å². The van der Waals surface area contributed by atoms with Crippen LogP contribution < -0.4 is 16.8 Å². The number of hydrogen-bond donors (Lipinski definition) is 3. The van der Waals surface area contributed by atoms with Crippen molar-refractivity contribution in [3.8, 4) is 0 Å². The highest BCUT2D eigenvalue weighted by molar-refractivity contribution is 7.11. The van der Waals surface area contributed by atoms with Crippen molar-refractivity contribution in [1.82, 2.24) is 20.1 Å². The van der Waals surface area contributed by atoms with Crippen molar-refractivity contribution >= 4 is 51.6 Å². The molecule has 40 heavy (non-hydrogen) atoms. The molecule has 0 radical (unpaired) electrons. The number of aliphatic imine (C=N–C) groups is 1. The number of aromatic nitrogens is 1. The Morgan fingerprint density at radius 1 is 1.12 bits per heavy atom. The molecule has 2 saturated heterocycles. The van der Waals surface area contributed by atoms with E-state index in [0.29, 0.717) is 49.3 Å². The van der Waals surface area contributed by atoms with Gasteiger partial charge in [0.05, 0.1) is 12.1 Å². The molecule has 0 aliphatic carbocycles. The number of thiazole rings is 1. The molecule has 208 valence electrons. The van der Waals surface area contributed by atoms with Crippen molar-refractivity contribution in [2.75, 3.05) is 19.6 Å². The molecule has 12 heteroatoms. The molecule has 0 saturated carbocycles. The van der Waals surface area contributed by atoms with Crippen LogP contribution in [0.25, 0.3) is 10.8 Å². The molecule has 2 aliphatic rings. The Morgan fingerprint density at radius 2 is 1.93 bits per heavy atom. The van der Waals surface area contributed by atoms with Crippen LogP contribution in [-0.4, -0.2) is 82.0 Å². The lowest BCUT2D eigenvalue weighted by Gasteiger charge is -2.39. The van der Waals surface area contributed by atoms with Gasteiger partial charge in [-0.2, -0.15) is 0 Å². The molecule has 3 atom stereocenters. The van der Waals surface area contributed by atoms with Crippen molar-refractivity contribution in [3.05, 3.63) is 64.6 Å². The normalized spacial score (nSPS) is 19.2. The van der Waals surface area contributed by atoms with Crippen molar-refractivity contribution in [1.29, 1.82) is 0 Å². The third kappa shape index (κ3) is 5.81. The zero-order valence-electron chi connectivity index (χ0n) is 21.9. The van der Waals surface area contributed by atoms with Crippen LogP contribution in [0.4, 0.5) is 0 Å². The summed E-state index contributed by atoms with van der Waals surface area (Å²) in [5.41, 5.74) is 11.3.